The molecule has 9 heteroatoms. The number of hydrogen-bond acceptors (Lipinski definition) is 6. The number of rotatable bonds is 6. The van der Waals surface area contributed by atoms with Crippen LogP contribution in [0.5, 0.6) is 11.5 Å². The summed E-state index contributed by atoms with van der Waals surface area (Å²) in [6.07, 6.45) is 1.06. The van der Waals surface area contributed by atoms with Crippen molar-refractivity contribution < 1.29 is 19.1 Å². The molecule has 0 bridgehead atoms. The smallest absolute Gasteiger partial charge is 0.267 e. The first kappa shape index (κ1) is 20.4. The van der Waals surface area contributed by atoms with Crippen molar-refractivity contribution >= 4 is 11.8 Å². The van der Waals surface area contributed by atoms with Gasteiger partial charge in [-0.05, 0) is 37.1 Å². The van der Waals surface area contributed by atoms with E-state index in [1.165, 1.54) is 6.07 Å². The number of carbonyl (C=O) groups excluding carboxylic acids is 2. The summed E-state index contributed by atoms with van der Waals surface area (Å²) in [5.41, 5.74) is 6.09. The second-order valence-electron chi connectivity index (χ2n) is 6.84. The number of hydrogen-bond donors (Lipinski definition) is 1. The molecule has 0 unspecified atom stereocenters. The predicted octanol–water partition coefficient (Wildman–Crippen LogP) is 0.651. The van der Waals surface area contributed by atoms with Crippen molar-refractivity contribution in [1.82, 2.24) is 14.7 Å². The fraction of sp³-hybridized carbons (Fsp3) is 0.400. The summed E-state index contributed by atoms with van der Waals surface area (Å²) < 4.78 is 11.8. The van der Waals surface area contributed by atoms with Crippen LogP contribution in [0, 0.1) is 5.92 Å². The van der Waals surface area contributed by atoms with Crippen LogP contribution >= 0.6 is 0 Å². The van der Waals surface area contributed by atoms with Crippen LogP contribution in [0.2, 0.25) is 0 Å². The molecule has 3 rings (SSSR count). The van der Waals surface area contributed by atoms with Crippen molar-refractivity contribution in [2.45, 2.75) is 19.4 Å². The molecule has 29 heavy (non-hydrogen) atoms. The Hall–Kier alpha value is -3.36. The molecule has 1 saturated heterocycles. The maximum absolute atomic E-state index is 12.6. The Morgan fingerprint density at radius 3 is 2.48 bits per heavy atom. The number of likely N-dealkylation sites (tertiary alicyclic amines) is 1. The second kappa shape index (κ2) is 8.76. The summed E-state index contributed by atoms with van der Waals surface area (Å²) in [4.78, 5) is 37.8. The molecular formula is C20H24N4O5. The highest BCUT2D eigenvalue weighted by molar-refractivity contribution is 5.78. The number of piperidine rings is 1. The van der Waals surface area contributed by atoms with E-state index in [0.29, 0.717) is 48.7 Å². The van der Waals surface area contributed by atoms with Crippen molar-refractivity contribution in [2.24, 2.45) is 11.7 Å². The normalized spacial score (nSPS) is 14.5. The van der Waals surface area contributed by atoms with Gasteiger partial charge < -0.3 is 20.1 Å². The van der Waals surface area contributed by atoms with Gasteiger partial charge in [-0.1, -0.05) is 0 Å². The van der Waals surface area contributed by atoms with E-state index in [-0.39, 0.29) is 29.8 Å². The van der Waals surface area contributed by atoms with Crippen molar-refractivity contribution in [1.29, 1.82) is 0 Å². The predicted molar refractivity (Wildman–Crippen MR) is 106 cm³/mol. The van der Waals surface area contributed by atoms with E-state index in [4.69, 9.17) is 15.2 Å². The van der Waals surface area contributed by atoms with Gasteiger partial charge in [-0.3, -0.25) is 14.4 Å². The first-order valence-electron chi connectivity index (χ1n) is 9.30. The van der Waals surface area contributed by atoms with Gasteiger partial charge in [0.2, 0.25) is 11.8 Å². The molecular weight excluding hydrogens is 376 g/mol. The van der Waals surface area contributed by atoms with Crippen molar-refractivity contribution in [2.75, 3.05) is 27.3 Å². The highest BCUT2D eigenvalue weighted by Gasteiger charge is 2.26. The summed E-state index contributed by atoms with van der Waals surface area (Å²) in [7, 11) is 3.10. The average Bonchev–Trinajstić information content (AvgIpc) is 2.74. The Kier molecular flexibility index (Phi) is 6.16. The molecule has 2 heterocycles. The molecule has 0 spiro atoms. The standard InChI is InChI=1S/C20H24N4O5/c1-28-14-3-5-17(29-2)15(11-14)16-4-6-18(25)24(22-16)12-19(26)23-9-7-13(8-10-23)20(21)27/h3-6,11,13H,7-10,12H2,1-2H3,(H2,21,27). The lowest BCUT2D eigenvalue weighted by Gasteiger charge is -2.30. The van der Waals surface area contributed by atoms with Crippen LogP contribution in [-0.2, 0) is 16.1 Å². The number of primary amides is 1. The Balaban J connectivity index is 1.81. The van der Waals surface area contributed by atoms with E-state index >= 15 is 0 Å². The number of ether oxygens (including phenoxy) is 2. The Morgan fingerprint density at radius 2 is 1.86 bits per heavy atom. The van der Waals surface area contributed by atoms with Crippen LogP contribution in [0.25, 0.3) is 11.3 Å². The van der Waals surface area contributed by atoms with Crippen molar-refractivity contribution in [3.63, 3.8) is 0 Å². The first-order chi connectivity index (χ1) is 13.9. The van der Waals surface area contributed by atoms with Gasteiger partial charge in [0, 0.05) is 30.6 Å². The number of benzene rings is 1. The molecule has 0 atom stereocenters. The molecule has 154 valence electrons. The fourth-order valence-electron chi connectivity index (χ4n) is 3.36. The molecule has 1 aromatic heterocycles. The largest absolute Gasteiger partial charge is 0.497 e. The van der Waals surface area contributed by atoms with Gasteiger partial charge in [0.05, 0.1) is 19.9 Å². The maximum Gasteiger partial charge on any atom is 0.267 e. The number of nitrogens with two attached hydrogens (primary N) is 1. The third-order valence-corrected chi connectivity index (χ3v) is 5.08. The number of carbonyl (C=O) groups is 2. The van der Waals surface area contributed by atoms with E-state index in [9.17, 15) is 14.4 Å². The van der Waals surface area contributed by atoms with E-state index in [1.807, 2.05) is 0 Å². The lowest BCUT2D eigenvalue weighted by Crippen LogP contribution is -2.44. The molecule has 2 aromatic rings. The molecule has 0 aliphatic carbocycles. The Bertz CT molecular complexity index is 964. The van der Waals surface area contributed by atoms with E-state index in [2.05, 4.69) is 5.10 Å². The summed E-state index contributed by atoms with van der Waals surface area (Å²) in [5, 5.41) is 4.35. The minimum atomic E-state index is -0.379. The third kappa shape index (κ3) is 4.56. The molecule has 1 fully saturated rings. The SMILES string of the molecule is COc1ccc(OC)c(-c2ccc(=O)n(CC(=O)N3CCC(C(N)=O)CC3)n2)c1. The lowest BCUT2D eigenvalue weighted by molar-refractivity contribution is -0.135. The van der Waals surface area contributed by atoms with E-state index < -0.39 is 0 Å². The van der Waals surface area contributed by atoms with Crippen LogP contribution < -0.4 is 20.8 Å². The van der Waals surface area contributed by atoms with Crippen LogP contribution in [-0.4, -0.2) is 53.8 Å². The zero-order chi connectivity index (χ0) is 21.0. The van der Waals surface area contributed by atoms with Crippen LogP contribution in [0.15, 0.2) is 35.1 Å². The number of methoxy groups -OCH3 is 2. The van der Waals surface area contributed by atoms with Crippen molar-refractivity contribution in [3.05, 3.63) is 40.7 Å². The highest BCUT2D eigenvalue weighted by atomic mass is 16.5. The third-order valence-electron chi connectivity index (χ3n) is 5.08. The molecule has 9 nitrogen and oxygen atoms in total. The van der Waals surface area contributed by atoms with Gasteiger partial charge >= 0.3 is 0 Å². The number of amides is 2. The van der Waals surface area contributed by atoms with Gasteiger partial charge in [0.25, 0.3) is 5.56 Å². The van der Waals surface area contributed by atoms with Gasteiger partial charge in [-0.2, -0.15) is 5.10 Å². The fourth-order valence-corrected chi connectivity index (χ4v) is 3.36. The second-order valence-corrected chi connectivity index (χ2v) is 6.84. The van der Waals surface area contributed by atoms with Crippen LogP contribution in [0.3, 0.4) is 0 Å². The van der Waals surface area contributed by atoms with Crippen LogP contribution in [0.4, 0.5) is 0 Å². The van der Waals surface area contributed by atoms with Gasteiger partial charge in [0.15, 0.2) is 0 Å². The topological polar surface area (TPSA) is 117 Å². The first-order valence-corrected chi connectivity index (χ1v) is 9.30. The number of aromatic nitrogens is 2. The van der Waals surface area contributed by atoms with Gasteiger partial charge in [0.1, 0.15) is 18.0 Å². The lowest BCUT2D eigenvalue weighted by atomic mass is 9.96. The Morgan fingerprint density at radius 1 is 1.14 bits per heavy atom. The molecule has 1 aromatic carbocycles. The summed E-state index contributed by atoms with van der Waals surface area (Å²) in [6.45, 7) is 0.690. The molecule has 2 N–H and O–H groups in total. The zero-order valence-electron chi connectivity index (χ0n) is 16.5. The zero-order valence-corrected chi connectivity index (χ0v) is 16.5. The van der Waals surface area contributed by atoms with E-state index in [1.54, 1.807) is 43.4 Å². The molecule has 0 saturated carbocycles. The molecule has 0 radical (unpaired) electrons. The molecule has 1 aliphatic rings. The summed E-state index contributed by atoms with van der Waals surface area (Å²) in [6, 6.07) is 8.22. The quantitative estimate of drug-likeness (QED) is 0.761. The minimum absolute atomic E-state index is 0.180. The summed E-state index contributed by atoms with van der Waals surface area (Å²) in [5.74, 6) is 0.424. The molecule has 2 amide bonds. The van der Waals surface area contributed by atoms with Gasteiger partial charge in [-0.15, -0.1) is 0 Å². The molecule has 1 aliphatic heterocycles. The van der Waals surface area contributed by atoms with Gasteiger partial charge in [-0.25, -0.2) is 4.68 Å². The van der Waals surface area contributed by atoms with Crippen molar-refractivity contribution in [3.8, 4) is 22.8 Å². The monoisotopic (exact) mass is 400 g/mol. The highest BCUT2D eigenvalue weighted by Crippen LogP contribution is 2.31. The Labute approximate surface area is 168 Å². The van der Waals surface area contributed by atoms with E-state index in [0.717, 1.165) is 4.68 Å². The number of nitrogens with zero attached hydrogens (tertiary/aromatic N) is 3. The average molecular weight is 400 g/mol. The summed E-state index contributed by atoms with van der Waals surface area (Å²) >= 11 is 0. The van der Waals surface area contributed by atoms with Crippen LogP contribution in [0.1, 0.15) is 12.8 Å². The minimum Gasteiger partial charge on any atom is -0.497 e. The maximum atomic E-state index is 12.6.